The molecule has 0 aliphatic rings. The predicted octanol–water partition coefficient (Wildman–Crippen LogP) is 2.94. The van der Waals surface area contributed by atoms with Crippen molar-refractivity contribution in [2.24, 2.45) is 0 Å². The minimum atomic E-state index is 0.761. The zero-order chi connectivity index (χ0) is 13.7. The van der Waals surface area contributed by atoms with Crippen LogP contribution in [0.3, 0.4) is 0 Å². The minimum absolute atomic E-state index is 0.761. The Morgan fingerprint density at radius 3 is 2.89 bits per heavy atom. The van der Waals surface area contributed by atoms with Gasteiger partial charge >= 0.3 is 0 Å². The first-order valence-corrected chi connectivity index (χ1v) is 6.56. The predicted molar refractivity (Wildman–Crippen MR) is 78.0 cm³/mol. The van der Waals surface area contributed by atoms with Crippen molar-refractivity contribution in [1.82, 2.24) is 9.55 Å². The number of anilines is 1. The van der Waals surface area contributed by atoms with Gasteiger partial charge in [-0.1, -0.05) is 12.1 Å². The van der Waals surface area contributed by atoms with Gasteiger partial charge in [-0.25, -0.2) is 4.98 Å². The van der Waals surface area contributed by atoms with Gasteiger partial charge in [-0.2, -0.15) is 0 Å². The summed E-state index contributed by atoms with van der Waals surface area (Å²) >= 11 is 0. The van der Waals surface area contributed by atoms with Crippen molar-refractivity contribution in [3.05, 3.63) is 41.7 Å². The van der Waals surface area contributed by atoms with Crippen LogP contribution >= 0.6 is 0 Å². The Hall–Kier alpha value is -1.81. The quantitative estimate of drug-likeness (QED) is 0.811. The van der Waals surface area contributed by atoms with Crippen LogP contribution in [0.1, 0.15) is 17.7 Å². The van der Waals surface area contributed by atoms with Crippen LogP contribution in [0.25, 0.3) is 5.69 Å². The summed E-state index contributed by atoms with van der Waals surface area (Å²) in [6.07, 6.45) is 3.02. The molecule has 0 radical (unpaired) electrons. The van der Waals surface area contributed by atoms with Crippen molar-refractivity contribution < 1.29 is 4.74 Å². The third-order valence-electron chi connectivity index (χ3n) is 2.91. The van der Waals surface area contributed by atoms with Crippen molar-refractivity contribution in [1.29, 1.82) is 0 Å². The van der Waals surface area contributed by atoms with Gasteiger partial charge in [-0.3, -0.25) is 4.57 Å². The Kier molecular flexibility index (Phi) is 4.58. The fraction of sp³-hybridized carbons (Fsp3) is 0.400. The summed E-state index contributed by atoms with van der Waals surface area (Å²) in [6, 6.07) is 8.41. The second kappa shape index (κ2) is 6.38. The molecule has 0 unspecified atom stereocenters. The fourth-order valence-electron chi connectivity index (χ4n) is 2.01. The lowest BCUT2D eigenvalue weighted by molar-refractivity contribution is 0.197. The van der Waals surface area contributed by atoms with E-state index in [0.717, 1.165) is 36.9 Å². The molecule has 0 bridgehead atoms. The number of hydrogen-bond acceptors (Lipinski definition) is 3. The molecule has 0 atom stereocenters. The lowest BCUT2D eigenvalue weighted by Crippen LogP contribution is -2.09. The molecule has 0 aliphatic carbocycles. The van der Waals surface area contributed by atoms with Crippen LogP contribution in [0.4, 0.5) is 5.95 Å². The van der Waals surface area contributed by atoms with Crippen LogP contribution in [0.5, 0.6) is 0 Å². The van der Waals surface area contributed by atoms with Crippen molar-refractivity contribution in [3.8, 4) is 5.69 Å². The molecule has 1 aromatic carbocycles. The van der Waals surface area contributed by atoms with Crippen molar-refractivity contribution in [2.45, 2.75) is 20.3 Å². The molecule has 1 N–H and O–H groups in total. The molecule has 0 saturated heterocycles. The Bertz CT molecular complexity index is 534. The summed E-state index contributed by atoms with van der Waals surface area (Å²) in [7, 11) is 1.72. The highest BCUT2D eigenvalue weighted by molar-refractivity contribution is 5.44. The average molecular weight is 259 g/mol. The van der Waals surface area contributed by atoms with Crippen molar-refractivity contribution in [2.75, 3.05) is 25.6 Å². The van der Waals surface area contributed by atoms with Gasteiger partial charge in [-0.05, 0) is 38.0 Å². The van der Waals surface area contributed by atoms with Gasteiger partial charge in [0.25, 0.3) is 0 Å². The Balaban J connectivity index is 2.16. The summed E-state index contributed by atoms with van der Waals surface area (Å²) in [5.41, 5.74) is 3.39. The zero-order valence-corrected chi connectivity index (χ0v) is 11.8. The molecule has 0 spiro atoms. The summed E-state index contributed by atoms with van der Waals surface area (Å²) in [4.78, 5) is 4.53. The van der Waals surface area contributed by atoms with E-state index in [1.807, 2.05) is 13.1 Å². The number of nitrogens with zero attached hydrogens (tertiary/aromatic N) is 2. The molecular formula is C15H21N3O. The van der Waals surface area contributed by atoms with E-state index in [0.29, 0.717) is 0 Å². The van der Waals surface area contributed by atoms with Gasteiger partial charge in [0.05, 0.1) is 5.69 Å². The highest BCUT2D eigenvalue weighted by Crippen LogP contribution is 2.17. The van der Waals surface area contributed by atoms with E-state index < -0.39 is 0 Å². The van der Waals surface area contributed by atoms with Crippen LogP contribution < -0.4 is 5.32 Å². The van der Waals surface area contributed by atoms with E-state index in [1.165, 1.54) is 5.56 Å². The number of nitrogens with one attached hydrogen (secondary N) is 1. The SMILES string of the molecule is COCCCNc1nc(C)cn1-c1cccc(C)c1. The molecular weight excluding hydrogens is 238 g/mol. The van der Waals surface area contributed by atoms with Crippen LogP contribution in [0.2, 0.25) is 0 Å². The monoisotopic (exact) mass is 259 g/mol. The van der Waals surface area contributed by atoms with E-state index in [2.05, 4.69) is 46.1 Å². The number of aryl methyl sites for hydroxylation is 2. The molecule has 0 aliphatic heterocycles. The van der Waals surface area contributed by atoms with E-state index in [1.54, 1.807) is 7.11 Å². The summed E-state index contributed by atoms with van der Waals surface area (Å²) in [5.74, 6) is 0.888. The number of imidazole rings is 1. The van der Waals surface area contributed by atoms with Crippen molar-refractivity contribution >= 4 is 5.95 Å². The molecule has 1 aromatic heterocycles. The number of aromatic nitrogens is 2. The maximum atomic E-state index is 5.05. The summed E-state index contributed by atoms with van der Waals surface area (Å²) in [6.45, 7) is 5.72. The second-order valence-electron chi connectivity index (χ2n) is 4.69. The smallest absolute Gasteiger partial charge is 0.207 e. The second-order valence-corrected chi connectivity index (χ2v) is 4.69. The molecule has 0 saturated carbocycles. The highest BCUT2D eigenvalue weighted by atomic mass is 16.5. The van der Waals surface area contributed by atoms with Crippen LogP contribution in [0, 0.1) is 13.8 Å². The number of hydrogen-bond donors (Lipinski definition) is 1. The van der Waals surface area contributed by atoms with Crippen LogP contribution in [-0.2, 0) is 4.74 Å². The molecule has 1 heterocycles. The third kappa shape index (κ3) is 3.58. The molecule has 0 fully saturated rings. The van der Waals surface area contributed by atoms with Gasteiger partial charge in [0, 0.05) is 32.1 Å². The number of ether oxygens (including phenoxy) is 1. The summed E-state index contributed by atoms with van der Waals surface area (Å²) in [5, 5.41) is 3.36. The van der Waals surface area contributed by atoms with Gasteiger partial charge in [0.1, 0.15) is 0 Å². The van der Waals surface area contributed by atoms with Gasteiger partial charge in [-0.15, -0.1) is 0 Å². The van der Waals surface area contributed by atoms with Crippen LogP contribution in [-0.4, -0.2) is 29.8 Å². The fourth-order valence-corrected chi connectivity index (χ4v) is 2.01. The molecule has 2 aromatic rings. The Labute approximate surface area is 114 Å². The summed E-state index contributed by atoms with van der Waals surface area (Å²) < 4.78 is 7.14. The normalized spacial score (nSPS) is 10.7. The third-order valence-corrected chi connectivity index (χ3v) is 2.91. The molecule has 4 nitrogen and oxygen atoms in total. The first-order chi connectivity index (χ1) is 9.20. The average Bonchev–Trinajstić information content (AvgIpc) is 2.76. The van der Waals surface area contributed by atoms with Gasteiger partial charge in [0.15, 0.2) is 0 Å². The standard InChI is InChI=1S/C15H21N3O/c1-12-6-4-7-14(10-12)18-11-13(2)17-15(18)16-8-5-9-19-3/h4,6-7,10-11H,5,8-9H2,1-3H3,(H,16,17). The minimum Gasteiger partial charge on any atom is -0.385 e. The lowest BCUT2D eigenvalue weighted by Gasteiger charge is -2.10. The van der Waals surface area contributed by atoms with Gasteiger partial charge in [0.2, 0.25) is 5.95 Å². The Morgan fingerprint density at radius 1 is 1.32 bits per heavy atom. The molecule has 2 rings (SSSR count). The first kappa shape index (κ1) is 13.6. The van der Waals surface area contributed by atoms with E-state index in [-0.39, 0.29) is 0 Å². The molecule has 4 heteroatoms. The number of rotatable bonds is 6. The molecule has 19 heavy (non-hydrogen) atoms. The van der Waals surface area contributed by atoms with Crippen molar-refractivity contribution in [3.63, 3.8) is 0 Å². The largest absolute Gasteiger partial charge is 0.385 e. The lowest BCUT2D eigenvalue weighted by atomic mass is 10.2. The van der Waals surface area contributed by atoms with Gasteiger partial charge < -0.3 is 10.1 Å². The number of methoxy groups -OCH3 is 1. The first-order valence-electron chi connectivity index (χ1n) is 6.56. The van der Waals surface area contributed by atoms with E-state index >= 15 is 0 Å². The molecule has 102 valence electrons. The van der Waals surface area contributed by atoms with E-state index in [4.69, 9.17) is 4.74 Å². The topological polar surface area (TPSA) is 39.1 Å². The van der Waals surface area contributed by atoms with Crippen LogP contribution in [0.15, 0.2) is 30.5 Å². The van der Waals surface area contributed by atoms with E-state index in [9.17, 15) is 0 Å². The number of benzene rings is 1. The zero-order valence-electron chi connectivity index (χ0n) is 11.8. The highest BCUT2D eigenvalue weighted by Gasteiger charge is 2.06. The maximum Gasteiger partial charge on any atom is 0.207 e. The molecule has 0 amide bonds. The Morgan fingerprint density at radius 2 is 2.16 bits per heavy atom. The maximum absolute atomic E-state index is 5.05.